The van der Waals surface area contributed by atoms with E-state index in [0.717, 1.165) is 22.0 Å². The maximum Gasteiger partial charge on any atom is 0.270 e. The number of nitrogens with zero attached hydrogens (tertiary/aromatic N) is 2. The van der Waals surface area contributed by atoms with E-state index in [9.17, 15) is 14.4 Å². The topological polar surface area (TPSA) is 159 Å². The summed E-state index contributed by atoms with van der Waals surface area (Å²) in [6, 6.07) is 15.1. The molecule has 0 spiro atoms. The van der Waals surface area contributed by atoms with Crippen molar-refractivity contribution in [3.8, 4) is 17.2 Å². The van der Waals surface area contributed by atoms with E-state index in [-0.39, 0.29) is 29.3 Å². The first-order valence-corrected chi connectivity index (χ1v) is 13.9. The summed E-state index contributed by atoms with van der Waals surface area (Å²) in [5.41, 5.74) is 12.5. The summed E-state index contributed by atoms with van der Waals surface area (Å²) in [6.07, 6.45) is 0. The lowest BCUT2D eigenvalue weighted by Gasteiger charge is -2.31. The van der Waals surface area contributed by atoms with Gasteiger partial charge in [0.15, 0.2) is 17.2 Å². The van der Waals surface area contributed by atoms with Crippen LogP contribution in [0.3, 0.4) is 0 Å². The molecular weight excluding hydrogens is 566 g/mol. The Balaban J connectivity index is 1.86. The molecule has 0 unspecified atom stereocenters. The van der Waals surface area contributed by atoms with Gasteiger partial charge in [-0.05, 0) is 46.2 Å². The number of nitrogens with one attached hydrogen (secondary N) is 1. The van der Waals surface area contributed by atoms with E-state index in [2.05, 4.69) is 9.69 Å². The van der Waals surface area contributed by atoms with E-state index >= 15 is 0 Å². The highest BCUT2D eigenvalue weighted by atomic mass is 32.1. The first-order valence-electron chi connectivity index (χ1n) is 12.3. The first-order chi connectivity index (χ1) is 19.8. The van der Waals surface area contributed by atoms with Gasteiger partial charge >= 0.3 is 0 Å². The van der Waals surface area contributed by atoms with Crippen LogP contribution in [0.25, 0.3) is 0 Å². The SMILES string of the molecule is COc1cc([C@@H](C(=O)NCc2ccccc2)N(Cc2cccs2)C(=O)c2snc(C(N)=O)c2N)cc(OC)c1OC. The molecule has 11 nitrogen and oxygen atoms in total. The molecule has 0 fully saturated rings. The number of nitrogen functional groups attached to an aromatic ring is 1. The molecule has 0 saturated carbocycles. The number of amides is 3. The fraction of sp³-hybridized carbons (Fsp3) is 0.214. The van der Waals surface area contributed by atoms with Gasteiger partial charge in [-0.3, -0.25) is 14.4 Å². The van der Waals surface area contributed by atoms with E-state index in [1.165, 1.54) is 37.6 Å². The number of aromatic nitrogens is 1. The molecule has 0 aliphatic rings. The van der Waals surface area contributed by atoms with Crippen molar-refractivity contribution < 1.29 is 28.6 Å². The highest BCUT2D eigenvalue weighted by Gasteiger charge is 2.36. The maximum absolute atomic E-state index is 14.2. The molecular formula is C28H29N5O6S2. The number of nitrogens with two attached hydrogens (primary N) is 2. The molecule has 2 aromatic heterocycles. The van der Waals surface area contributed by atoms with Crippen molar-refractivity contribution >= 4 is 46.3 Å². The smallest absolute Gasteiger partial charge is 0.270 e. The van der Waals surface area contributed by atoms with Gasteiger partial charge in [0.25, 0.3) is 11.8 Å². The van der Waals surface area contributed by atoms with Crippen LogP contribution in [0.2, 0.25) is 0 Å². The molecule has 5 N–H and O–H groups in total. The predicted octanol–water partition coefficient (Wildman–Crippen LogP) is 3.61. The van der Waals surface area contributed by atoms with Gasteiger partial charge in [-0.25, -0.2) is 0 Å². The fourth-order valence-corrected chi connectivity index (χ4v) is 5.69. The third kappa shape index (κ3) is 6.42. The number of benzene rings is 2. The number of thiophene rings is 1. The number of rotatable bonds is 12. The molecule has 41 heavy (non-hydrogen) atoms. The number of anilines is 1. The van der Waals surface area contributed by atoms with Gasteiger partial charge in [0.2, 0.25) is 11.7 Å². The van der Waals surface area contributed by atoms with Crippen LogP contribution in [0.15, 0.2) is 60.0 Å². The third-order valence-corrected chi connectivity index (χ3v) is 7.91. The molecule has 0 bridgehead atoms. The monoisotopic (exact) mass is 595 g/mol. The quantitative estimate of drug-likeness (QED) is 0.224. The lowest BCUT2D eigenvalue weighted by molar-refractivity contribution is -0.126. The summed E-state index contributed by atoms with van der Waals surface area (Å²) in [6.45, 7) is 0.274. The third-order valence-electron chi connectivity index (χ3n) is 6.20. The average Bonchev–Trinajstić information content (AvgIpc) is 3.64. The number of hydrogen-bond donors (Lipinski definition) is 3. The van der Waals surface area contributed by atoms with Crippen LogP contribution in [0, 0.1) is 0 Å². The van der Waals surface area contributed by atoms with E-state index in [0.29, 0.717) is 22.8 Å². The molecule has 0 saturated heterocycles. The number of primary amides is 1. The Bertz CT molecular complexity index is 1500. The summed E-state index contributed by atoms with van der Waals surface area (Å²) < 4.78 is 20.5. The summed E-state index contributed by atoms with van der Waals surface area (Å²) in [7, 11) is 4.40. The van der Waals surface area contributed by atoms with Crippen molar-refractivity contribution in [1.29, 1.82) is 0 Å². The summed E-state index contributed by atoms with van der Waals surface area (Å²) in [5.74, 6) is -0.986. The van der Waals surface area contributed by atoms with Gasteiger partial charge in [-0.15, -0.1) is 11.3 Å². The highest BCUT2D eigenvalue weighted by molar-refractivity contribution is 7.10. The lowest BCUT2D eigenvalue weighted by atomic mass is 10.0. The molecule has 214 valence electrons. The van der Waals surface area contributed by atoms with Gasteiger partial charge in [-0.2, -0.15) is 4.37 Å². The zero-order chi connectivity index (χ0) is 29.5. The highest BCUT2D eigenvalue weighted by Crippen LogP contribution is 2.41. The second-order valence-corrected chi connectivity index (χ2v) is 10.5. The molecule has 0 radical (unpaired) electrons. The zero-order valence-electron chi connectivity index (χ0n) is 22.6. The van der Waals surface area contributed by atoms with Crippen molar-refractivity contribution in [3.63, 3.8) is 0 Å². The minimum Gasteiger partial charge on any atom is -0.493 e. The number of hydrogen-bond acceptors (Lipinski definition) is 10. The summed E-state index contributed by atoms with van der Waals surface area (Å²) >= 11 is 2.17. The van der Waals surface area contributed by atoms with Crippen LogP contribution in [0.5, 0.6) is 17.2 Å². The summed E-state index contributed by atoms with van der Waals surface area (Å²) in [5, 5.41) is 4.81. The standard InChI is InChI=1S/C28H29N5O6S2/c1-37-19-12-17(13-20(38-2)24(19)39-3)23(27(35)31-14-16-8-5-4-6-9-16)33(15-18-10-7-11-40-18)28(36)25-21(29)22(26(30)34)32-41-25/h4-13,23H,14-15,29H2,1-3H3,(H2,30,34)(H,31,35)/t23-/m0/s1. The maximum atomic E-state index is 14.2. The molecule has 1 atom stereocenters. The lowest BCUT2D eigenvalue weighted by Crippen LogP contribution is -2.43. The van der Waals surface area contributed by atoms with Crippen LogP contribution < -0.4 is 31.0 Å². The Morgan fingerprint density at radius 3 is 2.22 bits per heavy atom. The van der Waals surface area contributed by atoms with Gasteiger partial charge in [0.1, 0.15) is 10.9 Å². The Labute approximate surface area is 244 Å². The molecule has 13 heteroatoms. The van der Waals surface area contributed by atoms with E-state index in [1.807, 2.05) is 47.8 Å². The van der Waals surface area contributed by atoms with Gasteiger partial charge in [0.05, 0.1) is 33.6 Å². The largest absolute Gasteiger partial charge is 0.493 e. The summed E-state index contributed by atoms with van der Waals surface area (Å²) in [4.78, 5) is 42.2. The Kier molecular flexibility index (Phi) is 9.42. The Morgan fingerprint density at radius 2 is 1.68 bits per heavy atom. The first kappa shape index (κ1) is 29.4. The molecule has 3 amide bonds. The Hall–Kier alpha value is -4.62. The second kappa shape index (κ2) is 13.2. The molecule has 0 aliphatic carbocycles. The number of carbonyl (C=O) groups excluding carboxylic acids is 3. The zero-order valence-corrected chi connectivity index (χ0v) is 24.2. The van der Waals surface area contributed by atoms with Crippen LogP contribution in [-0.4, -0.2) is 48.3 Å². The molecule has 2 aromatic carbocycles. The average molecular weight is 596 g/mol. The molecule has 4 aromatic rings. The van der Waals surface area contributed by atoms with E-state index in [4.69, 9.17) is 25.7 Å². The van der Waals surface area contributed by atoms with Crippen molar-refractivity contribution in [1.82, 2.24) is 14.6 Å². The van der Waals surface area contributed by atoms with Crippen LogP contribution >= 0.6 is 22.9 Å². The number of carbonyl (C=O) groups is 3. The number of methoxy groups -OCH3 is 3. The molecule has 2 heterocycles. The van der Waals surface area contributed by atoms with Crippen molar-refractivity contribution in [2.75, 3.05) is 27.1 Å². The minimum atomic E-state index is -1.18. The predicted molar refractivity (Wildman–Crippen MR) is 156 cm³/mol. The molecule has 0 aliphatic heterocycles. The van der Waals surface area contributed by atoms with Crippen LogP contribution in [-0.2, 0) is 17.9 Å². The molecule has 4 rings (SSSR count). The van der Waals surface area contributed by atoms with Gasteiger partial charge < -0.3 is 35.9 Å². The van der Waals surface area contributed by atoms with Crippen LogP contribution in [0.4, 0.5) is 5.69 Å². The van der Waals surface area contributed by atoms with Crippen LogP contribution in [0.1, 0.15) is 42.2 Å². The normalized spacial score (nSPS) is 11.4. The van der Waals surface area contributed by atoms with Crippen molar-refractivity contribution in [2.24, 2.45) is 5.73 Å². The van der Waals surface area contributed by atoms with Gasteiger partial charge in [0, 0.05) is 11.4 Å². The fourth-order valence-electron chi connectivity index (χ4n) is 4.22. The van der Waals surface area contributed by atoms with Gasteiger partial charge in [-0.1, -0.05) is 36.4 Å². The Morgan fingerprint density at radius 1 is 1.00 bits per heavy atom. The van der Waals surface area contributed by atoms with E-state index in [1.54, 1.807) is 12.1 Å². The van der Waals surface area contributed by atoms with E-state index < -0.39 is 23.8 Å². The van der Waals surface area contributed by atoms with Crippen molar-refractivity contribution in [3.05, 3.63) is 86.6 Å². The number of ether oxygens (including phenoxy) is 3. The minimum absolute atomic E-state index is 0.0105. The van der Waals surface area contributed by atoms with Crippen molar-refractivity contribution in [2.45, 2.75) is 19.1 Å². The second-order valence-electron chi connectivity index (χ2n) is 8.72.